The average Bonchev–Trinajstić information content (AvgIpc) is 2.55. The van der Waals surface area contributed by atoms with Crippen molar-refractivity contribution in [2.45, 2.75) is 11.8 Å². The standard InChI is InChI=1S/C17H19NO3S/c1-4-22-16-8-6-5-7-13(16)17(19)18-14-11-12(20-2)9-10-15(14)21-3/h5-11H,4H2,1-3H3,(H,18,19). The van der Waals surface area contributed by atoms with Crippen molar-refractivity contribution in [2.24, 2.45) is 0 Å². The van der Waals surface area contributed by atoms with Crippen molar-refractivity contribution in [2.75, 3.05) is 25.3 Å². The van der Waals surface area contributed by atoms with E-state index in [2.05, 4.69) is 12.2 Å². The van der Waals surface area contributed by atoms with Crippen LogP contribution in [0.5, 0.6) is 11.5 Å². The van der Waals surface area contributed by atoms with Crippen molar-refractivity contribution in [3.8, 4) is 11.5 Å². The Balaban J connectivity index is 2.29. The van der Waals surface area contributed by atoms with E-state index in [0.717, 1.165) is 10.6 Å². The molecular weight excluding hydrogens is 298 g/mol. The highest BCUT2D eigenvalue weighted by Gasteiger charge is 2.14. The number of carbonyl (C=O) groups excluding carboxylic acids is 1. The van der Waals surface area contributed by atoms with Gasteiger partial charge in [-0.25, -0.2) is 0 Å². The van der Waals surface area contributed by atoms with Gasteiger partial charge in [0.1, 0.15) is 11.5 Å². The molecule has 0 unspecified atom stereocenters. The van der Waals surface area contributed by atoms with Crippen LogP contribution in [0.4, 0.5) is 5.69 Å². The number of methoxy groups -OCH3 is 2. The molecule has 0 atom stereocenters. The number of thioether (sulfide) groups is 1. The third-order valence-corrected chi connectivity index (χ3v) is 4.04. The van der Waals surface area contributed by atoms with Gasteiger partial charge in [0.25, 0.3) is 5.91 Å². The second kappa shape index (κ2) is 7.75. The van der Waals surface area contributed by atoms with Crippen LogP contribution in [0.2, 0.25) is 0 Å². The van der Waals surface area contributed by atoms with Gasteiger partial charge >= 0.3 is 0 Å². The fourth-order valence-electron chi connectivity index (χ4n) is 2.04. The number of hydrogen-bond donors (Lipinski definition) is 1. The number of ether oxygens (including phenoxy) is 2. The number of benzene rings is 2. The summed E-state index contributed by atoms with van der Waals surface area (Å²) in [5.74, 6) is 2.00. The molecule has 2 aromatic carbocycles. The second-order valence-corrected chi connectivity index (χ2v) is 5.76. The van der Waals surface area contributed by atoms with Crippen LogP contribution >= 0.6 is 11.8 Å². The first kappa shape index (κ1) is 16.2. The van der Waals surface area contributed by atoms with Gasteiger partial charge in [0, 0.05) is 11.0 Å². The van der Waals surface area contributed by atoms with Crippen LogP contribution in [0.3, 0.4) is 0 Å². The van der Waals surface area contributed by atoms with Crippen LogP contribution < -0.4 is 14.8 Å². The van der Waals surface area contributed by atoms with E-state index in [0.29, 0.717) is 22.7 Å². The minimum atomic E-state index is -0.164. The number of amides is 1. The molecule has 0 aliphatic heterocycles. The predicted molar refractivity (Wildman–Crippen MR) is 90.3 cm³/mol. The van der Waals surface area contributed by atoms with Gasteiger partial charge < -0.3 is 14.8 Å². The van der Waals surface area contributed by atoms with E-state index in [1.54, 1.807) is 44.2 Å². The Kier molecular flexibility index (Phi) is 5.72. The molecule has 0 saturated carbocycles. The lowest BCUT2D eigenvalue weighted by molar-refractivity contribution is 0.102. The first-order valence-corrected chi connectivity index (χ1v) is 7.93. The highest BCUT2D eigenvalue weighted by molar-refractivity contribution is 7.99. The zero-order chi connectivity index (χ0) is 15.9. The Morgan fingerprint density at radius 2 is 1.91 bits per heavy atom. The summed E-state index contributed by atoms with van der Waals surface area (Å²) in [6.07, 6.45) is 0. The molecule has 0 aliphatic rings. The fourth-order valence-corrected chi connectivity index (χ4v) is 2.84. The molecule has 0 heterocycles. The highest BCUT2D eigenvalue weighted by Crippen LogP contribution is 2.30. The van der Waals surface area contributed by atoms with Gasteiger partial charge in [-0.1, -0.05) is 19.1 Å². The number of carbonyl (C=O) groups is 1. The van der Waals surface area contributed by atoms with Gasteiger partial charge in [-0.05, 0) is 30.0 Å². The lowest BCUT2D eigenvalue weighted by atomic mass is 10.2. The van der Waals surface area contributed by atoms with Crippen LogP contribution in [0.1, 0.15) is 17.3 Å². The smallest absolute Gasteiger partial charge is 0.256 e. The summed E-state index contributed by atoms with van der Waals surface area (Å²) in [7, 11) is 3.15. The van der Waals surface area contributed by atoms with Crippen LogP contribution in [-0.4, -0.2) is 25.9 Å². The van der Waals surface area contributed by atoms with Crippen LogP contribution in [0.25, 0.3) is 0 Å². The lowest BCUT2D eigenvalue weighted by Crippen LogP contribution is -2.13. The summed E-state index contributed by atoms with van der Waals surface area (Å²) in [6, 6.07) is 12.9. The maximum atomic E-state index is 12.6. The molecule has 0 saturated heterocycles. The third kappa shape index (κ3) is 3.74. The van der Waals surface area contributed by atoms with Crippen molar-refractivity contribution < 1.29 is 14.3 Å². The molecule has 0 fully saturated rings. The lowest BCUT2D eigenvalue weighted by Gasteiger charge is -2.13. The minimum Gasteiger partial charge on any atom is -0.497 e. The van der Waals surface area contributed by atoms with Crippen LogP contribution in [0, 0.1) is 0 Å². The van der Waals surface area contributed by atoms with Gasteiger partial charge in [-0.3, -0.25) is 4.79 Å². The maximum Gasteiger partial charge on any atom is 0.256 e. The van der Waals surface area contributed by atoms with Crippen molar-refractivity contribution in [3.05, 3.63) is 48.0 Å². The molecule has 0 bridgehead atoms. The molecule has 4 nitrogen and oxygen atoms in total. The van der Waals surface area contributed by atoms with Gasteiger partial charge in [0.15, 0.2) is 0 Å². The summed E-state index contributed by atoms with van der Waals surface area (Å²) in [4.78, 5) is 13.5. The summed E-state index contributed by atoms with van der Waals surface area (Å²) >= 11 is 1.64. The fraction of sp³-hybridized carbons (Fsp3) is 0.235. The summed E-state index contributed by atoms with van der Waals surface area (Å²) in [6.45, 7) is 2.06. The summed E-state index contributed by atoms with van der Waals surface area (Å²) in [5, 5.41) is 2.89. The average molecular weight is 317 g/mol. The molecule has 116 valence electrons. The van der Waals surface area contributed by atoms with E-state index in [4.69, 9.17) is 9.47 Å². The largest absolute Gasteiger partial charge is 0.497 e. The highest BCUT2D eigenvalue weighted by atomic mass is 32.2. The second-order valence-electron chi connectivity index (χ2n) is 4.45. The van der Waals surface area contributed by atoms with E-state index in [1.165, 1.54) is 0 Å². The van der Waals surface area contributed by atoms with E-state index in [-0.39, 0.29) is 5.91 Å². The Labute approximate surface area is 134 Å². The summed E-state index contributed by atoms with van der Waals surface area (Å²) < 4.78 is 10.5. The monoisotopic (exact) mass is 317 g/mol. The normalized spacial score (nSPS) is 10.1. The molecule has 1 amide bonds. The molecule has 5 heteroatoms. The van der Waals surface area contributed by atoms with Crippen LogP contribution in [0.15, 0.2) is 47.4 Å². The number of nitrogens with one attached hydrogen (secondary N) is 1. The SMILES string of the molecule is CCSc1ccccc1C(=O)Nc1cc(OC)ccc1OC. The Hall–Kier alpha value is -2.14. The minimum absolute atomic E-state index is 0.164. The van der Waals surface area contributed by atoms with Crippen molar-refractivity contribution in [1.82, 2.24) is 0 Å². The Morgan fingerprint density at radius 1 is 1.14 bits per heavy atom. The van der Waals surface area contributed by atoms with E-state index >= 15 is 0 Å². The molecule has 0 radical (unpaired) electrons. The zero-order valence-corrected chi connectivity index (χ0v) is 13.7. The predicted octanol–water partition coefficient (Wildman–Crippen LogP) is 4.07. The first-order chi connectivity index (χ1) is 10.7. The molecule has 1 N–H and O–H groups in total. The molecule has 0 aromatic heterocycles. The van der Waals surface area contributed by atoms with Gasteiger partial charge in [-0.2, -0.15) is 0 Å². The maximum absolute atomic E-state index is 12.6. The first-order valence-electron chi connectivity index (χ1n) is 6.94. The zero-order valence-electron chi connectivity index (χ0n) is 12.9. The van der Waals surface area contributed by atoms with E-state index in [1.807, 2.05) is 24.3 Å². The molecule has 0 aliphatic carbocycles. The number of anilines is 1. The molecular formula is C17H19NO3S. The van der Waals surface area contributed by atoms with E-state index in [9.17, 15) is 4.79 Å². The molecule has 2 aromatic rings. The quantitative estimate of drug-likeness (QED) is 0.816. The number of rotatable bonds is 6. The van der Waals surface area contributed by atoms with Gasteiger partial charge in [0.05, 0.1) is 25.5 Å². The van der Waals surface area contributed by atoms with Crippen molar-refractivity contribution in [3.63, 3.8) is 0 Å². The van der Waals surface area contributed by atoms with E-state index < -0.39 is 0 Å². The molecule has 0 spiro atoms. The third-order valence-electron chi connectivity index (χ3n) is 3.09. The van der Waals surface area contributed by atoms with Gasteiger partial charge in [0.2, 0.25) is 0 Å². The van der Waals surface area contributed by atoms with Crippen molar-refractivity contribution in [1.29, 1.82) is 0 Å². The molecule has 2 rings (SSSR count). The van der Waals surface area contributed by atoms with Crippen LogP contribution in [-0.2, 0) is 0 Å². The number of hydrogen-bond acceptors (Lipinski definition) is 4. The van der Waals surface area contributed by atoms with Crippen molar-refractivity contribution >= 4 is 23.4 Å². The molecule has 22 heavy (non-hydrogen) atoms. The van der Waals surface area contributed by atoms with Gasteiger partial charge in [-0.15, -0.1) is 11.8 Å². The Morgan fingerprint density at radius 3 is 2.59 bits per heavy atom. The summed E-state index contributed by atoms with van der Waals surface area (Å²) in [5.41, 5.74) is 1.24. The Bertz CT molecular complexity index is 658. The topological polar surface area (TPSA) is 47.6 Å².